The van der Waals surface area contributed by atoms with Crippen molar-refractivity contribution in [2.45, 2.75) is 13.8 Å². The van der Waals surface area contributed by atoms with Crippen LogP contribution in [0.25, 0.3) is 20.3 Å². The van der Waals surface area contributed by atoms with Crippen LogP contribution < -0.4 is 5.56 Å². The molecule has 0 amide bonds. The van der Waals surface area contributed by atoms with Gasteiger partial charge in [0, 0.05) is 10.1 Å². The summed E-state index contributed by atoms with van der Waals surface area (Å²) in [5.41, 5.74) is 0.741. The van der Waals surface area contributed by atoms with Gasteiger partial charge in [-0.2, -0.15) is 0 Å². The fraction of sp³-hybridized carbons (Fsp3) is 0.167. The van der Waals surface area contributed by atoms with Gasteiger partial charge in [-0.05, 0) is 6.07 Å². The Labute approximate surface area is 96.8 Å². The number of hydrogen-bond acceptors (Lipinski definition) is 3. The molecule has 0 atom stereocenters. The molecule has 0 bridgehead atoms. The number of nitrogens with zero attached hydrogens (tertiary/aromatic N) is 1. The Hall–Kier alpha value is -1.68. The van der Waals surface area contributed by atoms with E-state index in [-0.39, 0.29) is 5.56 Å². The number of hydrogen-bond donors (Lipinski definition) is 1. The van der Waals surface area contributed by atoms with Crippen molar-refractivity contribution in [2.24, 2.45) is 0 Å². The van der Waals surface area contributed by atoms with E-state index in [1.807, 2.05) is 38.1 Å². The van der Waals surface area contributed by atoms with Crippen LogP contribution in [0.15, 0.2) is 35.4 Å². The van der Waals surface area contributed by atoms with Gasteiger partial charge in [0.05, 0.1) is 11.8 Å². The van der Waals surface area contributed by atoms with Gasteiger partial charge < -0.3 is 4.98 Å². The predicted octanol–water partition coefficient (Wildman–Crippen LogP) is 3.16. The third-order valence-electron chi connectivity index (χ3n) is 2.16. The van der Waals surface area contributed by atoms with Crippen LogP contribution in [0.1, 0.15) is 13.8 Å². The molecule has 0 spiro atoms. The summed E-state index contributed by atoms with van der Waals surface area (Å²) < 4.78 is 1.81. The number of fused-ring (bicyclic) bond motifs is 3. The van der Waals surface area contributed by atoms with Crippen molar-refractivity contribution in [3.8, 4) is 0 Å². The lowest BCUT2D eigenvalue weighted by Crippen LogP contribution is -2.03. The molecule has 0 saturated carbocycles. The normalized spacial score (nSPS) is 10.1. The molecule has 16 heavy (non-hydrogen) atoms. The first-order valence-corrected chi connectivity index (χ1v) is 6.03. The molecule has 0 aliphatic heterocycles. The van der Waals surface area contributed by atoms with E-state index in [0.717, 1.165) is 15.6 Å². The van der Waals surface area contributed by atoms with Gasteiger partial charge >= 0.3 is 0 Å². The second-order valence-electron chi connectivity index (χ2n) is 3.01. The first-order chi connectivity index (χ1) is 7.86. The molecule has 2 heterocycles. The third kappa shape index (κ3) is 1.61. The Balaban J connectivity index is 0.000000457. The van der Waals surface area contributed by atoms with E-state index < -0.39 is 0 Å². The lowest BCUT2D eigenvalue weighted by molar-refractivity contribution is 1.18. The van der Waals surface area contributed by atoms with Crippen LogP contribution in [-0.4, -0.2) is 9.97 Å². The van der Waals surface area contributed by atoms with Crippen molar-refractivity contribution in [3.05, 3.63) is 40.9 Å². The lowest BCUT2D eigenvalue weighted by Gasteiger charge is -1.87. The highest BCUT2D eigenvalue weighted by molar-refractivity contribution is 7.25. The molecular weight excluding hydrogens is 220 g/mol. The van der Waals surface area contributed by atoms with Crippen molar-refractivity contribution >= 4 is 31.6 Å². The van der Waals surface area contributed by atoms with Crippen LogP contribution in [-0.2, 0) is 0 Å². The lowest BCUT2D eigenvalue weighted by atomic mass is 10.2. The number of H-pyrrole nitrogens is 1. The number of thiophene rings is 1. The number of aromatic amines is 1. The monoisotopic (exact) mass is 232 g/mol. The van der Waals surface area contributed by atoms with Crippen molar-refractivity contribution < 1.29 is 0 Å². The summed E-state index contributed by atoms with van der Waals surface area (Å²) in [6.07, 6.45) is 1.45. The van der Waals surface area contributed by atoms with Gasteiger partial charge in [0.2, 0.25) is 0 Å². The van der Waals surface area contributed by atoms with E-state index in [1.54, 1.807) is 0 Å². The summed E-state index contributed by atoms with van der Waals surface area (Å²) in [6.45, 7) is 4.00. The Morgan fingerprint density at radius 3 is 2.81 bits per heavy atom. The van der Waals surface area contributed by atoms with Crippen LogP contribution in [0.4, 0.5) is 0 Å². The first-order valence-electron chi connectivity index (χ1n) is 5.21. The van der Waals surface area contributed by atoms with Crippen LogP contribution in [0.2, 0.25) is 0 Å². The maximum absolute atomic E-state index is 11.5. The van der Waals surface area contributed by atoms with E-state index in [4.69, 9.17) is 0 Å². The number of aromatic nitrogens is 2. The standard InChI is InChI=1S/C10H6N2OS.C2H6/c13-10-9-8(11-5-12-10)6-3-1-2-4-7(6)14-9;1-2/h1-5H,(H,11,12,13);1-2H3. The van der Waals surface area contributed by atoms with Crippen LogP contribution in [0, 0.1) is 0 Å². The minimum atomic E-state index is -0.0591. The maximum Gasteiger partial charge on any atom is 0.268 e. The second kappa shape index (κ2) is 4.45. The molecular formula is C12H12N2OS. The Kier molecular flexibility index (Phi) is 3.01. The van der Waals surface area contributed by atoms with Crippen molar-refractivity contribution in [1.29, 1.82) is 0 Å². The van der Waals surface area contributed by atoms with Gasteiger partial charge in [0.1, 0.15) is 4.70 Å². The van der Waals surface area contributed by atoms with Crippen molar-refractivity contribution in [1.82, 2.24) is 9.97 Å². The Bertz CT molecular complexity index is 669. The van der Waals surface area contributed by atoms with Gasteiger partial charge in [0.15, 0.2) is 0 Å². The molecule has 3 aromatic rings. The fourth-order valence-electron chi connectivity index (χ4n) is 1.53. The van der Waals surface area contributed by atoms with Crippen LogP contribution in [0.5, 0.6) is 0 Å². The summed E-state index contributed by atoms with van der Waals surface area (Å²) in [5.74, 6) is 0. The Morgan fingerprint density at radius 2 is 2.00 bits per heavy atom. The quantitative estimate of drug-likeness (QED) is 0.647. The molecule has 3 nitrogen and oxygen atoms in total. The highest BCUT2D eigenvalue weighted by atomic mass is 32.1. The van der Waals surface area contributed by atoms with E-state index in [1.165, 1.54) is 17.7 Å². The smallest absolute Gasteiger partial charge is 0.268 e. The summed E-state index contributed by atoms with van der Waals surface area (Å²) in [4.78, 5) is 18.2. The summed E-state index contributed by atoms with van der Waals surface area (Å²) in [7, 11) is 0. The highest BCUT2D eigenvalue weighted by Gasteiger charge is 2.07. The minimum Gasteiger partial charge on any atom is -0.312 e. The van der Waals surface area contributed by atoms with Gasteiger partial charge in [-0.1, -0.05) is 32.0 Å². The topological polar surface area (TPSA) is 45.8 Å². The zero-order valence-corrected chi connectivity index (χ0v) is 9.97. The van der Waals surface area contributed by atoms with Gasteiger partial charge in [-0.3, -0.25) is 4.79 Å². The van der Waals surface area contributed by atoms with E-state index in [0.29, 0.717) is 4.70 Å². The first kappa shape index (κ1) is 10.8. The molecule has 3 rings (SSSR count). The summed E-state index contributed by atoms with van der Waals surface area (Å²) in [6, 6.07) is 7.91. The van der Waals surface area contributed by atoms with Crippen molar-refractivity contribution in [3.63, 3.8) is 0 Å². The predicted molar refractivity (Wildman–Crippen MR) is 69.1 cm³/mol. The van der Waals surface area contributed by atoms with E-state index in [9.17, 15) is 4.79 Å². The molecule has 0 fully saturated rings. The average Bonchev–Trinajstić information content (AvgIpc) is 2.72. The SMILES string of the molecule is CC.O=c1[nH]cnc2c1sc1ccccc12. The van der Waals surface area contributed by atoms with Gasteiger partial charge in [-0.15, -0.1) is 11.3 Å². The number of benzene rings is 1. The molecule has 0 radical (unpaired) electrons. The Morgan fingerprint density at radius 1 is 1.25 bits per heavy atom. The fourth-order valence-corrected chi connectivity index (χ4v) is 2.59. The molecule has 4 heteroatoms. The molecule has 0 aliphatic carbocycles. The average molecular weight is 232 g/mol. The number of nitrogens with one attached hydrogen (secondary N) is 1. The van der Waals surface area contributed by atoms with E-state index in [2.05, 4.69) is 9.97 Å². The zero-order valence-electron chi connectivity index (χ0n) is 9.15. The highest BCUT2D eigenvalue weighted by Crippen LogP contribution is 2.29. The third-order valence-corrected chi connectivity index (χ3v) is 3.32. The largest absolute Gasteiger partial charge is 0.312 e. The summed E-state index contributed by atoms with van der Waals surface area (Å²) >= 11 is 1.48. The zero-order chi connectivity index (χ0) is 11.5. The van der Waals surface area contributed by atoms with Gasteiger partial charge in [-0.25, -0.2) is 4.98 Å². The minimum absolute atomic E-state index is 0.0591. The molecule has 1 aromatic carbocycles. The van der Waals surface area contributed by atoms with Crippen LogP contribution >= 0.6 is 11.3 Å². The molecule has 82 valence electrons. The second-order valence-corrected chi connectivity index (χ2v) is 4.06. The molecule has 0 aliphatic rings. The summed E-state index contributed by atoms with van der Waals surface area (Å²) in [5, 5.41) is 1.05. The van der Waals surface area contributed by atoms with E-state index >= 15 is 0 Å². The molecule has 1 N–H and O–H groups in total. The van der Waals surface area contributed by atoms with Crippen molar-refractivity contribution in [2.75, 3.05) is 0 Å². The maximum atomic E-state index is 11.5. The molecule has 0 saturated heterocycles. The van der Waals surface area contributed by atoms with Crippen LogP contribution in [0.3, 0.4) is 0 Å². The molecule has 2 aromatic heterocycles. The number of rotatable bonds is 0. The van der Waals surface area contributed by atoms with Gasteiger partial charge in [0.25, 0.3) is 5.56 Å². The molecule has 0 unspecified atom stereocenters.